The van der Waals surface area contributed by atoms with Crippen LogP contribution in [0.15, 0.2) is 78.9 Å². The third-order valence-electron chi connectivity index (χ3n) is 5.96. The predicted molar refractivity (Wildman–Crippen MR) is 130 cm³/mol. The van der Waals surface area contributed by atoms with Crippen LogP contribution >= 0.6 is 11.8 Å². The molecule has 4 rings (SSSR count). The van der Waals surface area contributed by atoms with Gasteiger partial charge in [-0.15, -0.1) is 0 Å². The van der Waals surface area contributed by atoms with Crippen LogP contribution in [0.25, 0.3) is 11.1 Å². The zero-order valence-corrected chi connectivity index (χ0v) is 19.1. The van der Waals surface area contributed by atoms with E-state index in [1.54, 1.807) is 36.0 Å². The van der Waals surface area contributed by atoms with Gasteiger partial charge in [0.2, 0.25) is 0 Å². The summed E-state index contributed by atoms with van der Waals surface area (Å²) in [5, 5.41) is 9.82. The summed E-state index contributed by atoms with van der Waals surface area (Å²) in [6, 6.07) is 25.2. The van der Waals surface area contributed by atoms with E-state index in [1.165, 1.54) is 0 Å². The van der Waals surface area contributed by atoms with Crippen LogP contribution in [0.5, 0.6) is 0 Å². The van der Waals surface area contributed by atoms with Crippen LogP contribution in [0.3, 0.4) is 0 Å². The molecule has 3 aromatic rings. The number of thioether (sulfide) groups is 1. The fraction of sp³-hybridized carbons (Fsp3) is 0.222. The maximum Gasteiger partial charge on any atom is 0.307 e. The van der Waals surface area contributed by atoms with E-state index in [0.29, 0.717) is 16.9 Å². The molecule has 6 heteroatoms. The number of rotatable bonds is 9. The molecule has 1 heterocycles. The maximum atomic E-state index is 12.5. The third kappa shape index (κ3) is 5.01. The number of amides is 2. The molecule has 2 amide bonds. The number of carbonyl (C=O) groups is 3. The molecule has 1 aliphatic rings. The van der Waals surface area contributed by atoms with Crippen LogP contribution in [0.4, 0.5) is 0 Å². The van der Waals surface area contributed by atoms with Gasteiger partial charge in [-0.1, -0.05) is 66.7 Å². The minimum atomic E-state index is -0.911. The zero-order chi connectivity index (χ0) is 23.4. The lowest BCUT2D eigenvalue weighted by atomic mass is 10.0. The Morgan fingerprint density at radius 3 is 1.97 bits per heavy atom. The van der Waals surface area contributed by atoms with Gasteiger partial charge in [-0.25, -0.2) is 0 Å². The van der Waals surface area contributed by atoms with E-state index in [2.05, 4.69) is 43.3 Å². The van der Waals surface area contributed by atoms with Crippen molar-refractivity contribution in [1.29, 1.82) is 0 Å². The van der Waals surface area contributed by atoms with Gasteiger partial charge in [0.25, 0.3) is 11.8 Å². The van der Waals surface area contributed by atoms with E-state index in [-0.39, 0.29) is 30.0 Å². The molecule has 1 N–H and O–H groups in total. The first-order valence-electron chi connectivity index (χ1n) is 10.9. The van der Waals surface area contributed by atoms with Crippen molar-refractivity contribution in [3.8, 4) is 11.1 Å². The molecule has 2 unspecified atom stereocenters. The molecule has 0 bridgehead atoms. The lowest BCUT2D eigenvalue weighted by Gasteiger charge is -2.19. The van der Waals surface area contributed by atoms with Gasteiger partial charge >= 0.3 is 5.97 Å². The molecule has 0 spiro atoms. The molecule has 33 heavy (non-hydrogen) atoms. The average molecular weight is 460 g/mol. The minimum Gasteiger partial charge on any atom is -0.481 e. The van der Waals surface area contributed by atoms with Crippen LogP contribution in [0, 0.1) is 5.92 Å². The Balaban J connectivity index is 1.34. The summed E-state index contributed by atoms with van der Waals surface area (Å²) >= 11 is 1.57. The topological polar surface area (TPSA) is 74.7 Å². The van der Waals surface area contributed by atoms with Crippen molar-refractivity contribution in [3.05, 3.63) is 95.6 Å². The molecule has 0 saturated carbocycles. The van der Waals surface area contributed by atoms with E-state index < -0.39 is 11.9 Å². The van der Waals surface area contributed by atoms with Gasteiger partial charge in [0.05, 0.1) is 17.0 Å². The number of hydrogen-bond acceptors (Lipinski definition) is 4. The Labute approximate surface area is 197 Å². The number of nitrogens with zero attached hydrogens (tertiary/aromatic N) is 1. The highest BCUT2D eigenvalue weighted by atomic mass is 32.2. The Kier molecular flexibility index (Phi) is 6.94. The molecule has 0 radical (unpaired) electrons. The summed E-state index contributed by atoms with van der Waals surface area (Å²) in [4.78, 5) is 38.0. The highest BCUT2D eigenvalue weighted by Crippen LogP contribution is 2.32. The van der Waals surface area contributed by atoms with E-state index in [4.69, 9.17) is 0 Å². The van der Waals surface area contributed by atoms with E-state index in [0.717, 1.165) is 21.6 Å². The number of benzene rings is 3. The Morgan fingerprint density at radius 1 is 0.848 bits per heavy atom. The highest BCUT2D eigenvalue weighted by molar-refractivity contribution is 7.99. The van der Waals surface area contributed by atoms with Gasteiger partial charge in [-0.2, -0.15) is 11.8 Å². The first kappa shape index (κ1) is 22.8. The van der Waals surface area contributed by atoms with Crippen molar-refractivity contribution in [2.45, 2.75) is 18.6 Å². The van der Waals surface area contributed by atoms with Crippen molar-refractivity contribution in [3.63, 3.8) is 0 Å². The number of aliphatic carboxylic acids is 1. The molecule has 0 aromatic heterocycles. The van der Waals surface area contributed by atoms with Crippen LogP contribution < -0.4 is 0 Å². The molecular weight excluding hydrogens is 434 g/mol. The maximum absolute atomic E-state index is 12.5. The Morgan fingerprint density at radius 2 is 1.39 bits per heavy atom. The second-order valence-electron chi connectivity index (χ2n) is 8.09. The smallest absolute Gasteiger partial charge is 0.307 e. The Hall–Kier alpha value is -3.38. The lowest BCUT2D eigenvalue weighted by Crippen LogP contribution is -2.33. The van der Waals surface area contributed by atoms with Crippen LogP contribution in [0.1, 0.15) is 44.9 Å². The summed E-state index contributed by atoms with van der Waals surface area (Å²) in [6.07, 6.45) is 0.230. The van der Waals surface area contributed by atoms with Gasteiger partial charge in [-0.3, -0.25) is 19.3 Å². The number of carboxylic acid groups (broad SMARTS) is 1. The van der Waals surface area contributed by atoms with Gasteiger partial charge in [0.1, 0.15) is 0 Å². The first-order valence-corrected chi connectivity index (χ1v) is 12.0. The SMILES string of the molecule is CC(SCC(CCN1C(=O)c2ccccc2C1=O)C(=O)O)c1ccc(-c2ccccc2)cc1. The molecular formula is C27H25NO4S. The van der Waals surface area contributed by atoms with Crippen molar-refractivity contribution in [1.82, 2.24) is 4.90 Å². The standard InChI is InChI=1S/C27H25NO4S/c1-18(19-11-13-21(14-12-19)20-7-3-2-4-8-20)33-17-22(27(31)32)15-16-28-25(29)23-9-5-6-10-24(23)26(28)30/h2-14,18,22H,15-17H2,1H3,(H,31,32). The van der Waals surface area contributed by atoms with Crippen LogP contribution in [0.2, 0.25) is 0 Å². The fourth-order valence-electron chi connectivity index (χ4n) is 3.94. The van der Waals surface area contributed by atoms with Crippen molar-refractivity contribution < 1.29 is 19.5 Å². The summed E-state index contributed by atoms with van der Waals surface area (Å²) < 4.78 is 0. The average Bonchev–Trinajstić information content (AvgIpc) is 3.09. The highest BCUT2D eigenvalue weighted by Gasteiger charge is 2.35. The lowest BCUT2D eigenvalue weighted by molar-refractivity contribution is -0.141. The third-order valence-corrected chi connectivity index (χ3v) is 7.33. The molecule has 168 valence electrons. The fourth-order valence-corrected chi connectivity index (χ4v) is 5.12. The van der Waals surface area contributed by atoms with Gasteiger partial charge < -0.3 is 5.11 Å². The summed E-state index contributed by atoms with van der Waals surface area (Å²) in [7, 11) is 0. The number of imide groups is 1. The Bertz CT molecular complexity index is 1130. The molecule has 0 aliphatic carbocycles. The van der Waals surface area contributed by atoms with E-state index in [9.17, 15) is 19.5 Å². The summed E-state index contributed by atoms with van der Waals surface area (Å²) in [6.45, 7) is 2.16. The minimum absolute atomic E-state index is 0.101. The number of carbonyl (C=O) groups excluding carboxylic acids is 2. The number of hydrogen-bond donors (Lipinski definition) is 1. The molecule has 2 atom stereocenters. The second-order valence-corrected chi connectivity index (χ2v) is 9.47. The molecule has 0 fully saturated rings. The number of fused-ring (bicyclic) bond motifs is 1. The molecule has 3 aromatic carbocycles. The monoisotopic (exact) mass is 459 g/mol. The van der Waals surface area contributed by atoms with E-state index in [1.807, 2.05) is 18.2 Å². The summed E-state index contributed by atoms with van der Waals surface area (Å²) in [5.41, 5.74) is 4.20. The van der Waals surface area contributed by atoms with Crippen LogP contribution in [-0.2, 0) is 4.79 Å². The largest absolute Gasteiger partial charge is 0.481 e. The van der Waals surface area contributed by atoms with Crippen molar-refractivity contribution in [2.24, 2.45) is 5.92 Å². The van der Waals surface area contributed by atoms with Gasteiger partial charge in [-0.05, 0) is 42.2 Å². The quantitative estimate of drug-likeness (QED) is 0.426. The van der Waals surface area contributed by atoms with Gasteiger partial charge in [0, 0.05) is 17.5 Å². The molecule has 1 aliphatic heterocycles. The van der Waals surface area contributed by atoms with E-state index >= 15 is 0 Å². The molecule has 5 nitrogen and oxygen atoms in total. The zero-order valence-electron chi connectivity index (χ0n) is 18.3. The number of carboxylic acids is 1. The molecule has 0 saturated heterocycles. The normalized spacial score (nSPS) is 14.8. The first-order chi connectivity index (χ1) is 16.0. The second kappa shape index (κ2) is 10.0. The van der Waals surface area contributed by atoms with Crippen molar-refractivity contribution >= 4 is 29.5 Å². The van der Waals surface area contributed by atoms with Gasteiger partial charge in [0.15, 0.2) is 0 Å². The van der Waals surface area contributed by atoms with Crippen LogP contribution in [-0.4, -0.2) is 40.1 Å². The summed E-state index contributed by atoms with van der Waals surface area (Å²) in [5.74, 6) is -1.85. The predicted octanol–water partition coefficient (Wildman–Crippen LogP) is 5.53. The van der Waals surface area contributed by atoms with Crippen molar-refractivity contribution in [2.75, 3.05) is 12.3 Å².